The van der Waals surface area contributed by atoms with E-state index in [0.717, 1.165) is 55.6 Å². The van der Waals surface area contributed by atoms with Crippen molar-refractivity contribution in [1.82, 2.24) is 25.0 Å². The second-order valence-corrected chi connectivity index (χ2v) is 7.09. The molecule has 3 aromatic heterocycles. The monoisotopic (exact) mass is 344 g/mol. The molecule has 1 fully saturated rings. The maximum Gasteiger partial charge on any atom is 0.223 e. The number of nitrogens with zero attached hydrogens (tertiary/aromatic N) is 6. The first-order valence-electron chi connectivity index (χ1n) is 8.23. The highest BCUT2D eigenvalue weighted by molar-refractivity contribution is 7.18. The highest BCUT2D eigenvalue weighted by Gasteiger charge is 2.21. The lowest BCUT2D eigenvalue weighted by Gasteiger charge is -2.34. The third kappa shape index (κ3) is 2.99. The van der Waals surface area contributed by atoms with Gasteiger partial charge in [-0.3, -0.25) is 4.90 Å². The van der Waals surface area contributed by atoms with Crippen molar-refractivity contribution in [2.45, 2.75) is 26.8 Å². The van der Waals surface area contributed by atoms with Crippen LogP contribution in [0.15, 0.2) is 16.9 Å². The van der Waals surface area contributed by atoms with E-state index in [1.54, 1.807) is 17.7 Å². The Hall–Kier alpha value is -2.06. The van der Waals surface area contributed by atoms with Gasteiger partial charge in [0.15, 0.2) is 5.82 Å². The van der Waals surface area contributed by atoms with E-state index >= 15 is 0 Å². The standard InChI is InChI=1S/C16H20N6OS/c1-3-12-8-13-15(17-10-18-16(13)24-12)22-6-4-21(5-7-22)9-14-19-11(2)23-20-14/h8,10H,3-7,9H2,1-2H3. The fourth-order valence-electron chi connectivity index (χ4n) is 3.04. The van der Waals surface area contributed by atoms with Crippen LogP contribution in [-0.4, -0.2) is 51.2 Å². The molecule has 0 unspecified atom stereocenters. The van der Waals surface area contributed by atoms with Crippen LogP contribution in [-0.2, 0) is 13.0 Å². The van der Waals surface area contributed by atoms with Gasteiger partial charge in [-0.25, -0.2) is 9.97 Å². The summed E-state index contributed by atoms with van der Waals surface area (Å²) in [5.41, 5.74) is 0. The molecule has 0 spiro atoms. The molecule has 1 aliphatic heterocycles. The Bertz CT molecular complexity index is 836. The minimum atomic E-state index is 0.621. The van der Waals surface area contributed by atoms with E-state index in [2.05, 4.69) is 42.9 Å². The van der Waals surface area contributed by atoms with Crippen molar-refractivity contribution >= 4 is 27.4 Å². The fraction of sp³-hybridized carbons (Fsp3) is 0.500. The average Bonchev–Trinajstić information content (AvgIpc) is 3.21. The normalized spacial score (nSPS) is 16.2. The third-order valence-corrected chi connectivity index (χ3v) is 5.50. The second kappa shape index (κ2) is 6.45. The van der Waals surface area contributed by atoms with Gasteiger partial charge >= 0.3 is 0 Å². The summed E-state index contributed by atoms with van der Waals surface area (Å²) in [7, 11) is 0. The van der Waals surface area contributed by atoms with Crippen LogP contribution in [0.2, 0.25) is 0 Å². The van der Waals surface area contributed by atoms with Gasteiger partial charge < -0.3 is 9.42 Å². The molecule has 0 saturated carbocycles. The van der Waals surface area contributed by atoms with Crippen molar-refractivity contribution in [3.05, 3.63) is 29.0 Å². The molecule has 4 heterocycles. The van der Waals surface area contributed by atoms with E-state index < -0.39 is 0 Å². The van der Waals surface area contributed by atoms with E-state index in [1.165, 1.54) is 10.3 Å². The van der Waals surface area contributed by atoms with Gasteiger partial charge in [0.05, 0.1) is 11.9 Å². The van der Waals surface area contributed by atoms with Gasteiger partial charge in [-0.15, -0.1) is 11.3 Å². The molecule has 0 aromatic carbocycles. The Kier molecular flexibility index (Phi) is 4.15. The Morgan fingerprint density at radius 3 is 2.75 bits per heavy atom. The Balaban J connectivity index is 1.46. The van der Waals surface area contributed by atoms with Gasteiger partial charge in [0, 0.05) is 38.0 Å². The molecule has 24 heavy (non-hydrogen) atoms. The molecule has 0 bridgehead atoms. The van der Waals surface area contributed by atoms with Gasteiger partial charge in [-0.2, -0.15) is 4.98 Å². The molecule has 7 nitrogen and oxygen atoms in total. The molecule has 8 heteroatoms. The summed E-state index contributed by atoms with van der Waals surface area (Å²) < 4.78 is 5.04. The van der Waals surface area contributed by atoms with Crippen LogP contribution >= 0.6 is 11.3 Å². The van der Waals surface area contributed by atoms with Crippen molar-refractivity contribution in [3.8, 4) is 0 Å². The molecular formula is C16H20N6OS. The van der Waals surface area contributed by atoms with E-state index in [9.17, 15) is 0 Å². The number of piperazine rings is 1. The van der Waals surface area contributed by atoms with Crippen LogP contribution in [0.3, 0.4) is 0 Å². The highest BCUT2D eigenvalue weighted by atomic mass is 32.1. The van der Waals surface area contributed by atoms with Crippen LogP contribution in [0, 0.1) is 6.92 Å². The first-order valence-corrected chi connectivity index (χ1v) is 9.04. The third-order valence-electron chi connectivity index (χ3n) is 4.31. The predicted molar refractivity (Wildman–Crippen MR) is 93.3 cm³/mol. The number of aryl methyl sites for hydroxylation is 2. The second-order valence-electron chi connectivity index (χ2n) is 5.98. The molecule has 126 valence electrons. The van der Waals surface area contributed by atoms with Gasteiger partial charge in [-0.05, 0) is 12.5 Å². The number of aromatic nitrogens is 4. The lowest BCUT2D eigenvalue weighted by Crippen LogP contribution is -2.46. The molecule has 0 amide bonds. The molecule has 0 atom stereocenters. The summed E-state index contributed by atoms with van der Waals surface area (Å²) in [4.78, 5) is 20.4. The number of hydrogen-bond acceptors (Lipinski definition) is 8. The predicted octanol–water partition coefficient (Wildman–Crippen LogP) is 2.27. The number of anilines is 1. The molecule has 1 saturated heterocycles. The van der Waals surface area contributed by atoms with Gasteiger partial charge in [-0.1, -0.05) is 12.1 Å². The van der Waals surface area contributed by atoms with E-state index in [4.69, 9.17) is 4.52 Å². The average molecular weight is 344 g/mol. The van der Waals surface area contributed by atoms with E-state index in [1.807, 2.05) is 6.92 Å². The van der Waals surface area contributed by atoms with Crippen LogP contribution in [0.25, 0.3) is 10.2 Å². The maximum absolute atomic E-state index is 5.04. The van der Waals surface area contributed by atoms with Crippen LogP contribution in [0.5, 0.6) is 0 Å². The molecule has 0 radical (unpaired) electrons. The lowest BCUT2D eigenvalue weighted by atomic mass is 10.2. The Labute approximate surface area is 144 Å². The van der Waals surface area contributed by atoms with E-state index in [0.29, 0.717) is 5.89 Å². The van der Waals surface area contributed by atoms with Gasteiger partial charge in [0.25, 0.3) is 0 Å². The Morgan fingerprint density at radius 2 is 2.04 bits per heavy atom. The summed E-state index contributed by atoms with van der Waals surface area (Å²) >= 11 is 1.76. The molecule has 3 aromatic rings. The summed E-state index contributed by atoms with van der Waals surface area (Å²) in [5.74, 6) is 2.44. The first-order chi connectivity index (χ1) is 11.7. The number of hydrogen-bond donors (Lipinski definition) is 0. The quantitative estimate of drug-likeness (QED) is 0.719. The highest BCUT2D eigenvalue weighted by Crippen LogP contribution is 2.30. The fourth-order valence-corrected chi connectivity index (χ4v) is 3.97. The number of thiophene rings is 1. The SMILES string of the molecule is CCc1cc2c(N3CCN(Cc4noc(C)n4)CC3)ncnc2s1. The van der Waals surface area contributed by atoms with Crippen LogP contribution < -0.4 is 4.90 Å². The smallest absolute Gasteiger partial charge is 0.223 e. The van der Waals surface area contributed by atoms with E-state index in [-0.39, 0.29) is 0 Å². The van der Waals surface area contributed by atoms with Crippen molar-refractivity contribution < 1.29 is 4.52 Å². The topological polar surface area (TPSA) is 71.2 Å². The summed E-state index contributed by atoms with van der Waals surface area (Å²) in [5, 5.41) is 5.16. The Morgan fingerprint density at radius 1 is 1.21 bits per heavy atom. The molecule has 1 aliphatic rings. The molecule has 0 N–H and O–H groups in total. The zero-order valence-corrected chi connectivity index (χ0v) is 14.7. The number of rotatable bonds is 4. The van der Waals surface area contributed by atoms with Crippen molar-refractivity contribution in [2.24, 2.45) is 0 Å². The molecular weight excluding hydrogens is 324 g/mol. The van der Waals surface area contributed by atoms with Crippen molar-refractivity contribution in [3.63, 3.8) is 0 Å². The summed E-state index contributed by atoms with van der Waals surface area (Å²) in [6.07, 6.45) is 2.72. The molecule has 0 aliphatic carbocycles. The zero-order valence-electron chi connectivity index (χ0n) is 13.9. The zero-order chi connectivity index (χ0) is 16.5. The molecule has 4 rings (SSSR count). The summed E-state index contributed by atoms with van der Waals surface area (Å²) in [6, 6.07) is 2.24. The largest absolute Gasteiger partial charge is 0.353 e. The van der Waals surface area contributed by atoms with Crippen LogP contribution in [0.1, 0.15) is 23.5 Å². The van der Waals surface area contributed by atoms with Gasteiger partial charge in [0.2, 0.25) is 5.89 Å². The maximum atomic E-state index is 5.04. The lowest BCUT2D eigenvalue weighted by molar-refractivity contribution is 0.239. The number of fused-ring (bicyclic) bond motifs is 1. The minimum absolute atomic E-state index is 0.621. The van der Waals surface area contributed by atoms with Crippen LogP contribution in [0.4, 0.5) is 5.82 Å². The van der Waals surface area contributed by atoms with Crippen molar-refractivity contribution in [1.29, 1.82) is 0 Å². The van der Waals surface area contributed by atoms with Gasteiger partial charge in [0.1, 0.15) is 17.0 Å². The minimum Gasteiger partial charge on any atom is -0.353 e. The van der Waals surface area contributed by atoms with Crippen molar-refractivity contribution in [2.75, 3.05) is 31.1 Å². The summed E-state index contributed by atoms with van der Waals surface area (Å²) in [6.45, 7) is 8.55. The first kappa shape index (κ1) is 15.5.